The van der Waals surface area contributed by atoms with Gasteiger partial charge in [0, 0.05) is 50.1 Å². The molecule has 2 aromatic heterocycles. The van der Waals surface area contributed by atoms with Gasteiger partial charge >= 0.3 is 0 Å². The fourth-order valence-corrected chi connectivity index (χ4v) is 5.26. The summed E-state index contributed by atoms with van der Waals surface area (Å²) in [7, 11) is 0. The molecule has 1 saturated heterocycles. The number of β-amino-alcohol motifs (C(OH)–C–C–N with tert-alkyl or cyclic N) is 1. The summed E-state index contributed by atoms with van der Waals surface area (Å²) in [6.45, 7) is 2.85. The Morgan fingerprint density at radius 2 is 2.00 bits per heavy atom. The molecule has 1 fully saturated rings. The highest BCUT2D eigenvalue weighted by Crippen LogP contribution is 2.34. The lowest BCUT2D eigenvalue weighted by Crippen LogP contribution is -2.39. The highest BCUT2D eigenvalue weighted by Gasteiger charge is 2.34. The molecule has 3 N–H and O–H groups in total. The fraction of sp³-hybridized carbons (Fsp3) is 0.400. The van der Waals surface area contributed by atoms with Gasteiger partial charge in [0.2, 0.25) is 0 Å². The summed E-state index contributed by atoms with van der Waals surface area (Å²) < 4.78 is 27.0. The minimum absolute atomic E-state index is 0.00702. The minimum Gasteiger partial charge on any atom is -0.486 e. The molecule has 0 unspecified atom stereocenters. The Kier molecular flexibility index (Phi) is 5.82. The molecule has 1 amide bonds. The van der Waals surface area contributed by atoms with Crippen LogP contribution in [-0.2, 0) is 11.3 Å². The summed E-state index contributed by atoms with van der Waals surface area (Å²) in [5.74, 6) is 0.363. The Bertz CT molecular complexity index is 1400. The van der Waals surface area contributed by atoms with Gasteiger partial charge in [-0.1, -0.05) is 0 Å². The normalized spacial score (nSPS) is 23.2. The number of halogens is 1. The van der Waals surface area contributed by atoms with Crippen LogP contribution in [0.2, 0.25) is 0 Å². The van der Waals surface area contributed by atoms with Crippen LogP contribution in [0.4, 0.5) is 10.2 Å². The van der Waals surface area contributed by atoms with Crippen LogP contribution in [0.5, 0.6) is 11.5 Å². The Morgan fingerprint density at radius 3 is 2.89 bits per heavy atom. The van der Waals surface area contributed by atoms with Crippen molar-refractivity contribution in [2.45, 2.75) is 18.7 Å². The second kappa shape index (κ2) is 9.16. The van der Waals surface area contributed by atoms with Gasteiger partial charge in [0.25, 0.3) is 11.5 Å². The topological polar surface area (TPSA) is 118 Å². The summed E-state index contributed by atoms with van der Waals surface area (Å²) in [5.41, 5.74) is 1.04. The van der Waals surface area contributed by atoms with E-state index in [2.05, 4.69) is 20.5 Å². The van der Waals surface area contributed by atoms with Crippen molar-refractivity contribution in [2.75, 3.05) is 44.7 Å². The van der Waals surface area contributed by atoms with Crippen LogP contribution in [0.1, 0.15) is 11.7 Å². The summed E-state index contributed by atoms with van der Waals surface area (Å²) >= 11 is 0. The van der Waals surface area contributed by atoms with Crippen molar-refractivity contribution in [3.8, 4) is 11.5 Å². The van der Waals surface area contributed by atoms with Gasteiger partial charge in [0.05, 0.1) is 23.4 Å². The van der Waals surface area contributed by atoms with Crippen LogP contribution in [0.3, 0.4) is 0 Å². The average molecular weight is 496 g/mol. The number of anilines is 1. The number of pyridine rings is 2. The number of carbonyl (C=O) groups is 1. The number of fused-ring (bicyclic) bond motifs is 1. The molecule has 6 rings (SSSR count). The van der Waals surface area contributed by atoms with E-state index in [0.29, 0.717) is 49.8 Å². The van der Waals surface area contributed by atoms with Crippen molar-refractivity contribution in [2.24, 2.45) is 5.92 Å². The number of carbonyl (C=O) groups excluding carboxylic acids is 1. The standard InChI is InChI=1S/C25H26FN5O5/c26-18-4-1-14-2-6-22(34)31-17(12-36-24(18)23(14)31)10-30-9-15(19(32)11-30)7-27-8-16-3-5-20-25(28-16)29-21(33)13-35-20/h1-6,15,17,19,27,32H,7-13H2,(H,28,29,33)/t15-,17+,19+/m0/s1. The average Bonchev–Trinajstić information content (AvgIpc) is 3.21. The predicted octanol–water partition coefficient (Wildman–Crippen LogP) is 0.882. The Morgan fingerprint density at radius 1 is 1.14 bits per heavy atom. The van der Waals surface area contributed by atoms with Gasteiger partial charge in [0.1, 0.15) is 6.61 Å². The van der Waals surface area contributed by atoms with Gasteiger partial charge in [0.15, 0.2) is 29.7 Å². The lowest BCUT2D eigenvalue weighted by molar-refractivity contribution is -0.118. The molecule has 3 atom stereocenters. The van der Waals surface area contributed by atoms with E-state index in [9.17, 15) is 19.1 Å². The number of ether oxygens (including phenoxy) is 2. The van der Waals surface area contributed by atoms with Crippen LogP contribution in [0.25, 0.3) is 10.9 Å². The summed E-state index contributed by atoms with van der Waals surface area (Å²) in [4.78, 5) is 30.8. The minimum atomic E-state index is -0.525. The first-order valence-electron chi connectivity index (χ1n) is 12.0. The number of nitrogens with zero attached hydrogens (tertiary/aromatic N) is 3. The van der Waals surface area contributed by atoms with Gasteiger partial charge in [-0.25, -0.2) is 9.37 Å². The van der Waals surface area contributed by atoms with Crippen LogP contribution in [0.15, 0.2) is 41.2 Å². The van der Waals surface area contributed by atoms with Crippen molar-refractivity contribution < 1.29 is 23.8 Å². The highest BCUT2D eigenvalue weighted by molar-refractivity contribution is 5.94. The third-order valence-electron chi connectivity index (χ3n) is 6.98. The van der Waals surface area contributed by atoms with Crippen LogP contribution < -0.4 is 25.7 Å². The van der Waals surface area contributed by atoms with E-state index in [-0.39, 0.29) is 42.4 Å². The maximum Gasteiger partial charge on any atom is 0.263 e. The number of benzene rings is 1. The van der Waals surface area contributed by atoms with E-state index in [1.165, 1.54) is 12.1 Å². The molecule has 5 heterocycles. The number of hydrogen-bond acceptors (Lipinski definition) is 8. The number of nitrogens with one attached hydrogen (secondary N) is 2. The summed E-state index contributed by atoms with van der Waals surface area (Å²) in [6, 6.07) is 9.52. The van der Waals surface area contributed by atoms with E-state index in [4.69, 9.17) is 9.47 Å². The SMILES string of the molecule is O=C1COc2ccc(CNC[C@H]3CN(C[C@@H]4COc5c(F)ccc6ccc(=O)n4c56)C[C@H]3O)nc2N1. The Hall–Kier alpha value is -3.54. The summed E-state index contributed by atoms with van der Waals surface area (Å²) in [6.07, 6.45) is -0.525. The molecule has 3 aliphatic heterocycles. The van der Waals surface area contributed by atoms with Gasteiger partial charge in [-0.3, -0.25) is 19.1 Å². The molecule has 0 radical (unpaired) electrons. The van der Waals surface area contributed by atoms with Crippen molar-refractivity contribution in [1.82, 2.24) is 19.8 Å². The van der Waals surface area contributed by atoms with Crippen molar-refractivity contribution in [3.63, 3.8) is 0 Å². The molecule has 10 nitrogen and oxygen atoms in total. The fourth-order valence-electron chi connectivity index (χ4n) is 5.26. The van der Waals surface area contributed by atoms with Crippen LogP contribution >= 0.6 is 0 Å². The van der Waals surface area contributed by atoms with Crippen molar-refractivity contribution in [3.05, 3.63) is 58.3 Å². The number of aromatic nitrogens is 2. The number of hydrogen-bond donors (Lipinski definition) is 3. The number of aliphatic hydroxyl groups is 1. The molecule has 188 valence electrons. The van der Waals surface area contributed by atoms with Gasteiger partial charge in [-0.2, -0.15) is 0 Å². The molecule has 0 bridgehead atoms. The van der Waals surface area contributed by atoms with Gasteiger partial charge in [-0.05, 0) is 30.3 Å². The number of rotatable bonds is 6. The lowest BCUT2D eigenvalue weighted by atomic mass is 10.1. The highest BCUT2D eigenvalue weighted by atomic mass is 19.1. The maximum atomic E-state index is 14.3. The first-order chi connectivity index (χ1) is 17.5. The first kappa shape index (κ1) is 22.9. The molecule has 0 aliphatic carbocycles. The predicted molar refractivity (Wildman–Crippen MR) is 129 cm³/mol. The molecule has 1 aromatic carbocycles. The van der Waals surface area contributed by atoms with Crippen LogP contribution in [0, 0.1) is 11.7 Å². The van der Waals surface area contributed by atoms with E-state index in [1.807, 2.05) is 6.07 Å². The second-order valence-corrected chi connectivity index (χ2v) is 9.48. The van der Waals surface area contributed by atoms with E-state index in [0.717, 1.165) is 11.1 Å². The largest absolute Gasteiger partial charge is 0.486 e. The van der Waals surface area contributed by atoms with Crippen molar-refractivity contribution >= 4 is 22.6 Å². The molecular weight excluding hydrogens is 469 g/mol. The number of likely N-dealkylation sites (tertiary alicyclic amines) is 1. The number of aliphatic hydroxyl groups excluding tert-OH is 1. The molecular formula is C25H26FN5O5. The van der Waals surface area contributed by atoms with E-state index >= 15 is 0 Å². The van der Waals surface area contributed by atoms with Crippen LogP contribution in [-0.4, -0.2) is 71.0 Å². The zero-order valence-corrected chi connectivity index (χ0v) is 19.4. The van der Waals surface area contributed by atoms with Crippen molar-refractivity contribution in [1.29, 1.82) is 0 Å². The molecule has 3 aliphatic rings. The maximum absolute atomic E-state index is 14.3. The third kappa shape index (κ3) is 4.19. The second-order valence-electron chi connectivity index (χ2n) is 9.48. The molecule has 0 saturated carbocycles. The smallest absolute Gasteiger partial charge is 0.263 e. The Labute approximate surface area is 205 Å². The quantitative estimate of drug-likeness (QED) is 0.462. The summed E-state index contributed by atoms with van der Waals surface area (Å²) in [5, 5.41) is 17.5. The molecule has 11 heteroatoms. The number of amides is 1. The molecule has 36 heavy (non-hydrogen) atoms. The molecule has 3 aromatic rings. The van der Waals surface area contributed by atoms with Gasteiger partial charge in [-0.15, -0.1) is 0 Å². The Balaban J connectivity index is 1.09. The zero-order chi connectivity index (χ0) is 24.8. The van der Waals surface area contributed by atoms with E-state index < -0.39 is 11.9 Å². The first-order valence-corrected chi connectivity index (χ1v) is 12.0. The van der Waals surface area contributed by atoms with Gasteiger partial charge < -0.3 is 25.2 Å². The molecule has 0 spiro atoms. The third-order valence-corrected chi connectivity index (χ3v) is 6.98. The lowest BCUT2D eigenvalue weighted by Gasteiger charge is -2.31. The monoisotopic (exact) mass is 495 g/mol. The van der Waals surface area contributed by atoms with E-state index in [1.54, 1.807) is 22.8 Å². The zero-order valence-electron chi connectivity index (χ0n) is 19.4.